The Morgan fingerprint density at radius 3 is 2.53 bits per heavy atom. The van der Waals surface area contributed by atoms with Crippen molar-refractivity contribution in [1.29, 1.82) is 0 Å². The van der Waals surface area contributed by atoms with Gasteiger partial charge in [-0.25, -0.2) is 4.79 Å². The lowest BCUT2D eigenvalue weighted by Crippen LogP contribution is -2.37. The van der Waals surface area contributed by atoms with E-state index in [0.29, 0.717) is 24.5 Å². The maximum atomic E-state index is 11.4. The number of nitrogens with two attached hydrogens (primary N) is 2. The molecule has 92 valence electrons. The highest BCUT2D eigenvalue weighted by Gasteiger charge is 2.03. The normalized spacial score (nSPS) is 9.65. The SMILES string of the molecule is NC(=O)NCCNC(=O)Cc1ccc(N)cn1. The molecule has 0 radical (unpaired) electrons. The second kappa shape index (κ2) is 6.31. The van der Waals surface area contributed by atoms with E-state index >= 15 is 0 Å². The summed E-state index contributed by atoms with van der Waals surface area (Å²) in [5.74, 6) is -0.173. The van der Waals surface area contributed by atoms with Gasteiger partial charge in [-0.2, -0.15) is 0 Å². The van der Waals surface area contributed by atoms with Crippen LogP contribution in [0.3, 0.4) is 0 Å². The molecular weight excluding hydrogens is 222 g/mol. The fourth-order valence-electron chi connectivity index (χ4n) is 1.16. The molecule has 1 rings (SSSR count). The van der Waals surface area contributed by atoms with E-state index in [1.807, 2.05) is 0 Å². The lowest BCUT2D eigenvalue weighted by Gasteiger charge is -2.05. The molecule has 1 heterocycles. The Balaban J connectivity index is 2.25. The summed E-state index contributed by atoms with van der Waals surface area (Å²) in [5, 5.41) is 4.98. The van der Waals surface area contributed by atoms with Gasteiger partial charge in [0.2, 0.25) is 5.91 Å². The van der Waals surface area contributed by atoms with E-state index in [-0.39, 0.29) is 12.3 Å². The van der Waals surface area contributed by atoms with Crippen molar-refractivity contribution in [3.05, 3.63) is 24.0 Å². The van der Waals surface area contributed by atoms with Crippen molar-refractivity contribution >= 4 is 17.6 Å². The number of aromatic nitrogens is 1. The molecule has 0 aliphatic rings. The maximum Gasteiger partial charge on any atom is 0.312 e. The number of rotatable bonds is 5. The third kappa shape index (κ3) is 5.36. The highest BCUT2D eigenvalue weighted by Crippen LogP contribution is 2.01. The van der Waals surface area contributed by atoms with Crippen LogP contribution in [-0.2, 0) is 11.2 Å². The van der Waals surface area contributed by atoms with Gasteiger partial charge in [-0.05, 0) is 12.1 Å². The first-order valence-corrected chi connectivity index (χ1v) is 5.08. The van der Waals surface area contributed by atoms with Gasteiger partial charge in [-0.15, -0.1) is 0 Å². The molecule has 0 aliphatic heterocycles. The van der Waals surface area contributed by atoms with Crippen molar-refractivity contribution in [3.63, 3.8) is 0 Å². The second-order valence-electron chi connectivity index (χ2n) is 3.40. The molecule has 0 atom stereocenters. The highest BCUT2D eigenvalue weighted by molar-refractivity contribution is 5.78. The molecule has 6 N–H and O–H groups in total. The van der Waals surface area contributed by atoms with Crippen molar-refractivity contribution in [1.82, 2.24) is 15.6 Å². The molecule has 0 aromatic carbocycles. The average Bonchev–Trinajstić information content (AvgIpc) is 2.27. The van der Waals surface area contributed by atoms with Crippen LogP contribution in [0.15, 0.2) is 18.3 Å². The molecule has 17 heavy (non-hydrogen) atoms. The minimum Gasteiger partial charge on any atom is -0.397 e. The number of primary amides is 1. The first-order valence-electron chi connectivity index (χ1n) is 5.08. The summed E-state index contributed by atoms with van der Waals surface area (Å²) in [6.45, 7) is 0.632. The number of amides is 3. The lowest BCUT2D eigenvalue weighted by molar-refractivity contribution is -0.120. The largest absolute Gasteiger partial charge is 0.397 e. The summed E-state index contributed by atoms with van der Waals surface area (Å²) in [4.78, 5) is 25.8. The number of urea groups is 1. The minimum absolute atomic E-state index is 0.173. The molecule has 7 nitrogen and oxygen atoms in total. The third-order valence-corrected chi connectivity index (χ3v) is 1.94. The zero-order chi connectivity index (χ0) is 12.7. The van der Waals surface area contributed by atoms with Crippen molar-refractivity contribution in [2.45, 2.75) is 6.42 Å². The molecular formula is C10H15N5O2. The van der Waals surface area contributed by atoms with Crippen molar-refractivity contribution in [3.8, 4) is 0 Å². The Morgan fingerprint density at radius 2 is 1.94 bits per heavy atom. The molecule has 1 aromatic heterocycles. The number of anilines is 1. The summed E-state index contributed by atoms with van der Waals surface area (Å²) in [7, 11) is 0. The van der Waals surface area contributed by atoms with Crippen LogP contribution in [0.5, 0.6) is 0 Å². The standard InChI is InChI=1S/C10H15N5O2/c11-7-1-2-8(15-6-7)5-9(16)13-3-4-14-10(12)17/h1-2,6H,3-5,11H2,(H,13,16)(H3,12,14,17). The smallest absolute Gasteiger partial charge is 0.312 e. The van der Waals surface area contributed by atoms with Gasteiger partial charge >= 0.3 is 6.03 Å². The van der Waals surface area contributed by atoms with Gasteiger partial charge in [-0.1, -0.05) is 0 Å². The van der Waals surface area contributed by atoms with Crippen LogP contribution in [0.4, 0.5) is 10.5 Å². The topological polar surface area (TPSA) is 123 Å². The monoisotopic (exact) mass is 237 g/mol. The zero-order valence-electron chi connectivity index (χ0n) is 9.27. The number of nitrogen functional groups attached to an aromatic ring is 1. The van der Waals surface area contributed by atoms with Crippen LogP contribution < -0.4 is 22.1 Å². The second-order valence-corrected chi connectivity index (χ2v) is 3.40. The van der Waals surface area contributed by atoms with Crippen LogP contribution in [0, 0.1) is 0 Å². The Bertz CT molecular complexity index is 390. The van der Waals surface area contributed by atoms with Gasteiger partial charge in [0.15, 0.2) is 0 Å². The maximum absolute atomic E-state index is 11.4. The molecule has 1 aromatic rings. The van der Waals surface area contributed by atoms with Crippen LogP contribution >= 0.6 is 0 Å². The van der Waals surface area contributed by atoms with E-state index in [4.69, 9.17) is 11.5 Å². The quantitative estimate of drug-likeness (QED) is 0.490. The van der Waals surface area contributed by atoms with Gasteiger partial charge in [0.1, 0.15) is 0 Å². The average molecular weight is 237 g/mol. The molecule has 0 saturated carbocycles. The molecule has 0 fully saturated rings. The molecule has 0 spiro atoms. The first kappa shape index (κ1) is 12.8. The van der Waals surface area contributed by atoms with Crippen molar-refractivity contribution in [2.24, 2.45) is 5.73 Å². The summed E-state index contributed by atoms with van der Waals surface area (Å²) < 4.78 is 0. The van der Waals surface area contributed by atoms with Gasteiger partial charge < -0.3 is 22.1 Å². The van der Waals surface area contributed by atoms with E-state index < -0.39 is 6.03 Å². The van der Waals surface area contributed by atoms with Gasteiger partial charge in [-0.3, -0.25) is 9.78 Å². The van der Waals surface area contributed by atoms with E-state index in [9.17, 15) is 9.59 Å². The summed E-state index contributed by atoms with van der Waals surface area (Å²) in [5.41, 5.74) is 11.5. The molecule has 3 amide bonds. The number of nitrogens with zero attached hydrogens (tertiary/aromatic N) is 1. The first-order chi connectivity index (χ1) is 8.08. The molecule has 0 saturated heterocycles. The van der Waals surface area contributed by atoms with Gasteiger partial charge in [0.25, 0.3) is 0 Å². The lowest BCUT2D eigenvalue weighted by atomic mass is 10.2. The number of carbonyl (C=O) groups excluding carboxylic acids is 2. The molecule has 0 bridgehead atoms. The Labute approximate surface area is 98.6 Å². The number of pyridine rings is 1. The predicted octanol–water partition coefficient (Wildman–Crippen LogP) is -1.01. The Kier molecular flexibility index (Phi) is 4.74. The number of hydrogen-bond acceptors (Lipinski definition) is 4. The van der Waals surface area contributed by atoms with E-state index in [2.05, 4.69) is 15.6 Å². The van der Waals surface area contributed by atoms with E-state index in [1.54, 1.807) is 12.1 Å². The minimum atomic E-state index is -0.612. The van der Waals surface area contributed by atoms with Crippen LogP contribution in [-0.4, -0.2) is 30.0 Å². The van der Waals surface area contributed by atoms with Crippen molar-refractivity contribution < 1.29 is 9.59 Å². The van der Waals surface area contributed by atoms with Crippen molar-refractivity contribution in [2.75, 3.05) is 18.8 Å². The molecule has 7 heteroatoms. The number of carbonyl (C=O) groups is 2. The fourth-order valence-corrected chi connectivity index (χ4v) is 1.16. The van der Waals surface area contributed by atoms with Crippen LogP contribution in [0.2, 0.25) is 0 Å². The molecule has 0 unspecified atom stereocenters. The van der Waals surface area contributed by atoms with E-state index in [1.165, 1.54) is 6.20 Å². The highest BCUT2D eigenvalue weighted by atomic mass is 16.2. The van der Waals surface area contributed by atoms with Crippen LogP contribution in [0.1, 0.15) is 5.69 Å². The third-order valence-electron chi connectivity index (χ3n) is 1.94. The number of nitrogens with one attached hydrogen (secondary N) is 2. The summed E-state index contributed by atoms with van der Waals surface area (Å²) in [6, 6.07) is 2.76. The number of hydrogen-bond donors (Lipinski definition) is 4. The predicted molar refractivity (Wildman–Crippen MR) is 62.9 cm³/mol. The fraction of sp³-hybridized carbons (Fsp3) is 0.300. The zero-order valence-corrected chi connectivity index (χ0v) is 9.27. The summed E-state index contributed by atoms with van der Waals surface area (Å²) in [6.07, 6.45) is 1.67. The Morgan fingerprint density at radius 1 is 1.24 bits per heavy atom. The summed E-state index contributed by atoms with van der Waals surface area (Å²) >= 11 is 0. The molecule has 0 aliphatic carbocycles. The van der Waals surface area contributed by atoms with Gasteiger partial charge in [0, 0.05) is 18.8 Å². The van der Waals surface area contributed by atoms with Gasteiger partial charge in [0.05, 0.1) is 18.3 Å². The van der Waals surface area contributed by atoms with E-state index in [0.717, 1.165) is 0 Å². The van der Waals surface area contributed by atoms with Crippen LogP contribution in [0.25, 0.3) is 0 Å². The Hall–Kier alpha value is -2.31.